The molecule has 1 aliphatic rings. The Morgan fingerprint density at radius 3 is 2.13 bits per heavy atom. The van der Waals surface area contributed by atoms with Crippen molar-refractivity contribution >= 4 is 5.96 Å². The number of morpholine rings is 1. The van der Waals surface area contributed by atoms with Gasteiger partial charge in [-0.3, -0.25) is 4.90 Å². The zero-order valence-corrected chi connectivity index (χ0v) is 20.4. The average molecular weight is 437 g/mol. The van der Waals surface area contributed by atoms with Crippen molar-refractivity contribution in [2.75, 3.05) is 47.5 Å². The molecule has 31 heavy (non-hydrogen) atoms. The summed E-state index contributed by atoms with van der Waals surface area (Å²) in [5.74, 6) is 2.61. The van der Waals surface area contributed by atoms with Gasteiger partial charge in [0.15, 0.2) is 17.5 Å². The molecule has 2 N–H and O–H groups in total. The zero-order chi connectivity index (χ0) is 23.0. The molecule has 8 heteroatoms. The molecular formula is C23H40N4O4. The fourth-order valence-electron chi connectivity index (χ4n) is 3.82. The molecule has 1 fully saturated rings. The fraction of sp³-hybridized carbons (Fsp3) is 0.696. The molecule has 1 aromatic rings. The van der Waals surface area contributed by atoms with Crippen LogP contribution in [0.15, 0.2) is 17.1 Å². The first-order chi connectivity index (χ1) is 14.7. The van der Waals surface area contributed by atoms with Crippen molar-refractivity contribution in [1.82, 2.24) is 15.5 Å². The fourth-order valence-corrected chi connectivity index (χ4v) is 3.82. The number of methoxy groups -OCH3 is 3. The number of hydrogen-bond acceptors (Lipinski definition) is 6. The molecule has 0 bridgehead atoms. The molecular weight excluding hydrogens is 396 g/mol. The summed E-state index contributed by atoms with van der Waals surface area (Å²) in [5, 5.41) is 6.84. The second kappa shape index (κ2) is 11.4. The Morgan fingerprint density at radius 1 is 1.06 bits per heavy atom. The Balaban J connectivity index is 2.10. The molecule has 1 saturated heterocycles. The Morgan fingerprint density at radius 2 is 1.65 bits per heavy atom. The maximum Gasteiger partial charge on any atom is 0.203 e. The number of nitrogens with zero attached hydrogens (tertiary/aromatic N) is 2. The molecule has 0 saturated carbocycles. The molecule has 2 rings (SSSR count). The second-order valence-corrected chi connectivity index (χ2v) is 8.56. The van der Waals surface area contributed by atoms with Crippen LogP contribution in [0.3, 0.4) is 0 Å². The first-order valence-electron chi connectivity index (χ1n) is 11.0. The largest absolute Gasteiger partial charge is 0.493 e. The normalized spacial score (nSPS) is 20.3. The summed E-state index contributed by atoms with van der Waals surface area (Å²) in [6.07, 6.45) is 0.481. The monoisotopic (exact) mass is 436 g/mol. The zero-order valence-electron chi connectivity index (χ0n) is 20.4. The molecule has 1 aromatic carbocycles. The number of guanidine groups is 1. The van der Waals surface area contributed by atoms with Crippen molar-refractivity contribution in [2.45, 2.75) is 58.9 Å². The van der Waals surface area contributed by atoms with Crippen LogP contribution >= 0.6 is 0 Å². The van der Waals surface area contributed by atoms with E-state index >= 15 is 0 Å². The minimum atomic E-state index is -0.0327. The van der Waals surface area contributed by atoms with Crippen molar-refractivity contribution in [3.8, 4) is 17.2 Å². The summed E-state index contributed by atoms with van der Waals surface area (Å²) >= 11 is 0. The second-order valence-electron chi connectivity index (χ2n) is 8.56. The number of ether oxygens (including phenoxy) is 4. The van der Waals surface area contributed by atoms with Gasteiger partial charge in [0, 0.05) is 31.7 Å². The Labute approximate surface area is 187 Å². The van der Waals surface area contributed by atoms with Gasteiger partial charge in [-0.1, -0.05) is 0 Å². The van der Waals surface area contributed by atoms with Crippen LogP contribution in [-0.2, 0) is 11.3 Å². The minimum Gasteiger partial charge on any atom is -0.493 e. The quantitative estimate of drug-likeness (QED) is 0.455. The van der Waals surface area contributed by atoms with Crippen LogP contribution in [0.2, 0.25) is 0 Å². The van der Waals surface area contributed by atoms with Crippen molar-refractivity contribution in [1.29, 1.82) is 0 Å². The lowest BCUT2D eigenvalue weighted by Gasteiger charge is -2.45. The molecule has 1 aliphatic heterocycles. The van der Waals surface area contributed by atoms with E-state index in [-0.39, 0.29) is 17.7 Å². The highest BCUT2D eigenvalue weighted by molar-refractivity contribution is 5.79. The number of aliphatic imine (C=N–C) groups is 1. The van der Waals surface area contributed by atoms with Gasteiger partial charge in [0.05, 0.1) is 40.1 Å². The molecule has 176 valence electrons. The number of benzene rings is 1. The third-order valence-corrected chi connectivity index (χ3v) is 5.45. The predicted octanol–water partition coefficient (Wildman–Crippen LogP) is 2.66. The van der Waals surface area contributed by atoms with Crippen molar-refractivity contribution < 1.29 is 18.9 Å². The SMILES string of the molecule is CCNC(=NCc1cc(OC)c(OC)c(OC)c1)NCC(C)(C)N1CC(C)OC(C)C1. The molecule has 0 radical (unpaired) electrons. The average Bonchev–Trinajstić information content (AvgIpc) is 2.74. The highest BCUT2D eigenvalue weighted by Gasteiger charge is 2.33. The molecule has 1 heterocycles. The maximum absolute atomic E-state index is 5.89. The maximum atomic E-state index is 5.89. The van der Waals surface area contributed by atoms with Gasteiger partial charge < -0.3 is 29.6 Å². The van der Waals surface area contributed by atoms with Crippen LogP contribution in [0, 0.1) is 0 Å². The Kier molecular flexibility index (Phi) is 9.25. The minimum absolute atomic E-state index is 0.0327. The molecule has 0 aliphatic carbocycles. The first kappa shape index (κ1) is 25.1. The molecule has 0 aromatic heterocycles. The summed E-state index contributed by atoms with van der Waals surface area (Å²) in [4.78, 5) is 7.26. The predicted molar refractivity (Wildman–Crippen MR) is 125 cm³/mol. The Bertz CT molecular complexity index is 703. The van der Waals surface area contributed by atoms with Gasteiger partial charge in [0.2, 0.25) is 5.75 Å². The van der Waals surface area contributed by atoms with Gasteiger partial charge in [-0.2, -0.15) is 0 Å². The van der Waals surface area contributed by atoms with E-state index in [9.17, 15) is 0 Å². The third kappa shape index (κ3) is 6.90. The van der Waals surface area contributed by atoms with E-state index in [0.717, 1.165) is 37.7 Å². The molecule has 0 spiro atoms. The Hall–Kier alpha value is -2.19. The van der Waals surface area contributed by atoms with Crippen molar-refractivity contribution in [3.63, 3.8) is 0 Å². The van der Waals surface area contributed by atoms with Gasteiger partial charge in [0.25, 0.3) is 0 Å². The van der Waals surface area contributed by atoms with Crippen LogP contribution < -0.4 is 24.8 Å². The van der Waals surface area contributed by atoms with Crippen LogP contribution in [-0.4, -0.2) is 76.1 Å². The third-order valence-electron chi connectivity index (χ3n) is 5.45. The highest BCUT2D eigenvalue weighted by atomic mass is 16.5. The van der Waals surface area contributed by atoms with Crippen LogP contribution in [0.5, 0.6) is 17.2 Å². The topological polar surface area (TPSA) is 76.6 Å². The lowest BCUT2D eigenvalue weighted by molar-refractivity contribution is -0.0946. The van der Waals surface area contributed by atoms with E-state index in [1.54, 1.807) is 21.3 Å². The smallest absolute Gasteiger partial charge is 0.203 e. The van der Waals surface area contributed by atoms with E-state index in [4.69, 9.17) is 23.9 Å². The van der Waals surface area contributed by atoms with Gasteiger partial charge in [-0.25, -0.2) is 4.99 Å². The molecule has 2 atom stereocenters. The lowest BCUT2D eigenvalue weighted by atomic mass is 10.00. The summed E-state index contributed by atoms with van der Waals surface area (Å²) in [6.45, 7) is 14.7. The van der Waals surface area contributed by atoms with Gasteiger partial charge in [0.1, 0.15) is 0 Å². The van der Waals surface area contributed by atoms with E-state index < -0.39 is 0 Å². The summed E-state index contributed by atoms with van der Waals surface area (Å²) < 4.78 is 22.2. The molecule has 0 amide bonds. The van der Waals surface area contributed by atoms with Crippen LogP contribution in [0.25, 0.3) is 0 Å². The number of hydrogen-bond donors (Lipinski definition) is 2. The van der Waals surface area contributed by atoms with Gasteiger partial charge in [-0.05, 0) is 52.3 Å². The van der Waals surface area contributed by atoms with E-state index in [2.05, 4.69) is 50.2 Å². The number of nitrogens with one attached hydrogen (secondary N) is 2. The summed E-state index contributed by atoms with van der Waals surface area (Å²) in [7, 11) is 4.83. The van der Waals surface area contributed by atoms with Crippen molar-refractivity contribution in [3.05, 3.63) is 17.7 Å². The van der Waals surface area contributed by atoms with Crippen molar-refractivity contribution in [2.24, 2.45) is 4.99 Å². The number of rotatable bonds is 9. The van der Waals surface area contributed by atoms with Gasteiger partial charge in [-0.15, -0.1) is 0 Å². The van der Waals surface area contributed by atoms with Gasteiger partial charge >= 0.3 is 0 Å². The van der Waals surface area contributed by atoms with E-state index in [1.165, 1.54) is 0 Å². The lowest BCUT2D eigenvalue weighted by Crippen LogP contribution is -2.59. The standard InChI is InChI=1S/C23H40N4O4/c1-9-24-22(26-15-23(4,5)27-13-16(2)31-17(3)14-27)25-12-18-10-19(28-6)21(30-8)20(11-18)29-7/h10-11,16-17H,9,12-15H2,1-8H3,(H2,24,25,26). The summed E-state index contributed by atoms with van der Waals surface area (Å²) in [5.41, 5.74) is 0.941. The van der Waals surface area contributed by atoms with Crippen LogP contribution in [0.1, 0.15) is 40.2 Å². The van der Waals surface area contributed by atoms with E-state index in [1.807, 2.05) is 12.1 Å². The first-order valence-corrected chi connectivity index (χ1v) is 11.0. The molecule has 2 unspecified atom stereocenters. The summed E-state index contributed by atoms with van der Waals surface area (Å²) in [6, 6.07) is 3.85. The highest BCUT2D eigenvalue weighted by Crippen LogP contribution is 2.38. The van der Waals surface area contributed by atoms with E-state index in [0.29, 0.717) is 23.8 Å². The van der Waals surface area contributed by atoms with Crippen LogP contribution in [0.4, 0.5) is 0 Å². The molecule has 8 nitrogen and oxygen atoms in total.